The van der Waals surface area contributed by atoms with Crippen LogP contribution in [0.15, 0.2) is 42.5 Å². The molecular formula is C23H25NO5. The Bertz CT molecular complexity index is 925. The molecule has 0 aliphatic carbocycles. The number of piperidine rings is 1. The molecule has 0 saturated carbocycles. The Morgan fingerprint density at radius 3 is 2.38 bits per heavy atom. The first-order valence-corrected chi connectivity index (χ1v) is 9.57. The van der Waals surface area contributed by atoms with Gasteiger partial charge in [-0.3, -0.25) is 4.79 Å². The van der Waals surface area contributed by atoms with Crippen molar-refractivity contribution in [2.24, 2.45) is 5.92 Å². The number of ether oxygens (including phenoxy) is 1. The maximum Gasteiger partial charge on any atom is 0.340 e. The number of aromatic hydroxyl groups is 1. The van der Waals surface area contributed by atoms with Crippen LogP contribution in [0.3, 0.4) is 0 Å². The summed E-state index contributed by atoms with van der Waals surface area (Å²) < 4.78 is 5.12. The van der Waals surface area contributed by atoms with Crippen molar-refractivity contribution in [3.63, 3.8) is 0 Å². The van der Waals surface area contributed by atoms with Crippen molar-refractivity contribution in [3.8, 4) is 11.5 Å². The van der Waals surface area contributed by atoms with E-state index in [1.165, 1.54) is 13.2 Å². The van der Waals surface area contributed by atoms with Crippen molar-refractivity contribution in [3.05, 3.63) is 64.7 Å². The number of allylic oxidation sites excluding steroid dienone is 1. The molecular weight excluding hydrogens is 370 g/mol. The predicted molar refractivity (Wildman–Crippen MR) is 110 cm³/mol. The molecule has 0 radical (unpaired) electrons. The fourth-order valence-corrected chi connectivity index (χ4v) is 3.52. The Labute approximate surface area is 170 Å². The normalized spacial score (nSPS) is 14.9. The zero-order valence-corrected chi connectivity index (χ0v) is 16.6. The van der Waals surface area contributed by atoms with Gasteiger partial charge in [-0.2, -0.15) is 0 Å². The number of phenols is 1. The lowest BCUT2D eigenvalue weighted by molar-refractivity contribution is 0.0687. The number of likely N-dealkylation sites (tertiary alicyclic amines) is 1. The number of rotatable bonds is 5. The molecule has 6 heteroatoms. The summed E-state index contributed by atoms with van der Waals surface area (Å²) in [6.07, 6.45) is 5.26. The number of carbonyl (C=O) groups is 2. The number of carbonyl (C=O) groups excluding carboxylic acids is 1. The van der Waals surface area contributed by atoms with E-state index < -0.39 is 5.97 Å². The first kappa shape index (κ1) is 20.5. The summed E-state index contributed by atoms with van der Waals surface area (Å²) in [5.74, 6) is -0.852. The topological polar surface area (TPSA) is 87.1 Å². The Balaban J connectivity index is 1.67. The molecule has 1 saturated heterocycles. The number of carboxylic acids is 1. The van der Waals surface area contributed by atoms with Crippen LogP contribution in [0.5, 0.6) is 11.5 Å². The number of nitrogens with zero attached hydrogens (tertiary/aromatic N) is 1. The Morgan fingerprint density at radius 1 is 1.14 bits per heavy atom. The van der Waals surface area contributed by atoms with Crippen molar-refractivity contribution in [2.75, 3.05) is 20.2 Å². The maximum absolute atomic E-state index is 12.6. The molecule has 3 rings (SSSR count). The number of aromatic carboxylic acids is 1. The van der Waals surface area contributed by atoms with Gasteiger partial charge in [-0.1, -0.05) is 29.8 Å². The van der Waals surface area contributed by atoms with Gasteiger partial charge >= 0.3 is 5.97 Å². The highest BCUT2D eigenvalue weighted by Crippen LogP contribution is 2.30. The molecule has 0 spiro atoms. The van der Waals surface area contributed by atoms with E-state index in [-0.39, 0.29) is 23.1 Å². The highest BCUT2D eigenvalue weighted by Gasteiger charge is 2.23. The Kier molecular flexibility index (Phi) is 6.22. The third-order valence-electron chi connectivity index (χ3n) is 5.24. The summed E-state index contributed by atoms with van der Waals surface area (Å²) in [4.78, 5) is 26.0. The lowest BCUT2D eigenvalue weighted by Gasteiger charge is -2.31. The first-order valence-electron chi connectivity index (χ1n) is 9.57. The number of methoxy groups -OCH3 is 1. The fraction of sp³-hybridized carbons (Fsp3) is 0.304. The summed E-state index contributed by atoms with van der Waals surface area (Å²) in [6.45, 7) is 3.29. The summed E-state index contributed by atoms with van der Waals surface area (Å²) in [7, 11) is 1.46. The van der Waals surface area contributed by atoms with E-state index in [4.69, 9.17) is 4.74 Å². The lowest BCUT2D eigenvalue weighted by Crippen LogP contribution is -2.38. The summed E-state index contributed by atoms with van der Waals surface area (Å²) in [5.41, 5.74) is 2.07. The van der Waals surface area contributed by atoms with Gasteiger partial charge in [0.2, 0.25) is 0 Å². The highest BCUT2D eigenvalue weighted by atomic mass is 16.5. The van der Waals surface area contributed by atoms with Crippen LogP contribution >= 0.6 is 0 Å². The predicted octanol–water partition coefficient (Wildman–Crippen LogP) is 3.97. The number of amides is 1. The van der Waals surface area contributed by atoms with E-state index in [0.717, 1.165) is 18.4 Å². The van der Waals surface area contributed by atoms with Gasteiger partial charge in [-0.15, -0.1) is 0 Å². The third kappa shape index (κ3) is 4.77. The zero-order chi connectivity index (χ0) is 21.0. The minimum Gasteiger partial charge on any atom is -0.507 e. The van der Waals surface area contributed by atoms with Gasteiger partial charge in [-0.05, 0) is 49.4 Å². The van der Waals surface area contributed by atoms with Gasteiger partial charge in [0.05, 0.1) is 7.11 Å². The van der Waals surface area contributed by atoms with Crippen molar-refractivity contribution in [1.82, 2.24) is 4.90 Å². The van der Waals surface area contributed by atoms with E-state index in [2.05, 4.69) is 0 Å². The van der Waals surface area contributed by atoms with Crippen molar-refractivity contribution >= 4 is 18.0 Å². The average molecular weight is 395 g/mol. The second kappa shape index (κ2) is 8.82. The van der Waals surface area contributed by atoms with Gasteiger partial charge < -0.3 is 19.8 Å². The van der Waals surface area contributed by atoms with Crippen LogP contribution in [0, 0.1) is 12.8 Å². The van der Waals surface area contributed by atoms with Crippen LogP contribution in [0.1, 0.15) is 44.7 Å². The van der Waals surface area contributed by atoms with E-state index in [1.54, 1.807) is 12.1 Å². The number of hydrogen-bond acceptors (Lipinski definition) is 4. The lowest BCUT2D eigenvalue weighted by atomic mass is 9.94. The molecule has 6 nitrogen and oxygen atoms in total. The largest absolute Gasteiger partial charge is 0.507 e. The molecule has 29 heavy (non-hydrogen) atoms. The summed E-state index contributed by atoms with van der Waals surface area (Å²) >= 11 is 0. The van der Waals surface area contributed by atoms with Gasteiger partial charge in [0.1, 0.15) is 17.1 Å². The van der Waals surface area contributed by atoms with Crippen LogP contribution in [-0.4, -0.2) is 47.2 Å². The van der Waals surface area contributed by atoms with Gasteiger partial charge in [-0.25, -0.2) is 4.79 Å². The van der Waals surface area contributed by atoms with Crippen molar-refractivity contribution in [2.45, 2.75) is 19.8 Å². The molecule has 1 fully saturated rings. The number of aryl methyl sites for hydroxylation is 1. The minimum absolute atomic E-state index is 0.0401. The van der Waals surface area contributed by atoms with Crippen LogP contribution < -0.4 is 4.74 Å². The highest BCUT2D eigenvalue weighted by molar-refractivity contribution is 5.95. The van der Waals surface area contributed by atoms with Crippen LogP contribution in [0.4, 0.5) is 0 Å². The summed E-state index contributed by atoms with van der Waals surface area (Å²) in [5, 5.41) is 19.4. The molecule has 0 aromatic heterocycles. The second-order valence-corrected chi connectivity index (χ2v) is 7.27. The SMILES string of the molecule is COc1cc(O)c(C(=O)O)c(C=CC2CCN(C(=O)c3ccc(C)cc3)CC2)c1. The molecule has 2 N–H and O–H groups in total. The fourth-order valence-electron chi connectivity index (χ4n) is 3.52. The third-order valence-corrected chi connectivity index (χ3v) is 5.24. The smallest absolute Gasteiger partial charge is 0.340 e. The number of benzene rings is 2. The molecule has 1 amide bonds. The Hall–Kier alpha value is -3.28. The van der Waals surface area contributed by atoms with E-state index in [9.17, 15) is 19.8 Å². The Morgan fingerprint density at radius 2 is 1.79 bits per heavy atom. The van der Waals surface area contributed by atoms with E-state index >= 15 is 0 Å². The van der Waals surface area contributed by atoms with Crippen LogP contribution in [0.25, 0.3) is 6.08 Å². The van der Waals surface area contributed by atoms with Gasteiger partial charge in [0.15, 0.2) is 0 Å². The molecule has 0 atom stereocenters. The number of hydrogen-bond donors (Lipinski definition) is 2. The van der Waals surface area contributed by atoms with E-state index in [1.807, 2.05) is 42.2 Å². The molecule has 2 aromatic carbocycles. The standard InChI is InChI=1S/C23H25NO5/c1-15-3-6-17(7-4-15)22(26)24-11-9-16(10-12-24)5-8-18-13-19(29-2)14-20(25)21(18)23(27)28/h3-8,13-14,16,25H,9-12H2,1-2H3,(H,27,28). The maximum atomic E-state index is 12.6. The first-order chi connectivity index (χ1) is 13.9. The van der Waals surface area contributed by atoms with Crippen LogP contribution in [-0.2, 0) is 0 Å². The number of carboxylic acid groups (broad SMARTS) is 1. The minimum atomic E-state index is -1.19. The van der Waals surface area contributed by atoms with Crippen LogP contribution in [0.2, 0.25) is 0 Å². The quantitative estimate of drug-likeness (QED) is 0.800. The van der Waals surface area contributed by atoms with Gasteiger partial charge in [0, 0.05) is 24.7 Å². The van der Waals surface area contributed by atoms with Gasteiger partial charge in [0.25, 0.3) is 5.91 Å². The molecule has 152 valence electrons. The summed E-state index contributed by atoms with van der Waals surface area (Å²) in [6, 6.07) is 10.5. The second-order valence-electron chi connectivity index (χ2n) is 7.27. The molecule has 1 aliphatic heterocycles. The molecule has 1 heterocycles. The average Bonchev–Trinajstić information content (AvgIpc) is 2.72. The molecule has 0 bridgehead atoms. The molecule has 2 aromatic rings. The van der Waals surface area contributed by atoms with E-state index in [0.29, 0.717) is 30.0 Å². The monoisotopic (exact) mass is 395 g/mol. The molecule has 0 unspecified atom stereocenters. The van der Waals surface area contributed by atoms with Crippen molar-refractivity contribution < 1.29 is 24.5 Å². The van der Waals surface area contributed by atoms with Crippen molar-refractivity contribution in [1.29, 1.82) is 0 Å². The molecule has 1 aliphatic rings. The zero-order valence-electron chi connectivity index (χ0n) is 16.6.